The van der Waals surface area contributed by atoms with Crippen molar-refractivity contribution in [3.8, 4) is 0 Å². The van der Waals surface area contributed by atoms with Gasteiger partial charge in [0.05, 0.1) is 4.90 Å². The highest BCUT2D eigenvalue weighted by Crippen LogP contribution is 2.31. The van der Waals surface area contributed by atoms with Crippen LogP contribution in [0.15, 0.2) is 64.1 Å². The molecule has 2 N–H and O–H groups in total. The number of benzene rings is 2. The Balaban J connectivity index is 1.56. The molecular weight excluding hydrogens is 458 g/mol. The summed E-state index contributed by atoms with van der Waals surface area (Å²) >= 11 is 3.42. The van der Waals surface area contributed by atoms with Crippen LogP contribution in [0, 0.1) is 0 Å². The standard InChI is InChI=1S/C20H20BrN3O4S/c21-14-6-7-16-17(13-22-18(16)12-14)19(20(25)26)23-8-10-24(11-9-23)29(27,28)15-4-2-1-3-5-15/h1-7,12-13,19,22H,8-11H2,(H,25,26)/t19-/m1/s1. The summed E-state index contributed by atoms with van der Waals surface area (Å²) in [4.78, 5) is 17.3. The third-order valence-electron chi connectivity index (χ3n) is 5.22. The number of carboxylic acid groups (broad SMARTS) is 1. The summed E-state index contributed by atoms with van der Waals surface area (Å²) in [7, 11) is -3.58. The highest BCUT2D eigenvalue weighted by atomic mass is 79.9. The molecule has 1 aliphatic rings. The Kier molecular flexibility index (Phi) is 5.48. The van der Waals surface area contributed by atoms with Crippen molar-refractivity contribution >= 4 is 42.8 Å². The van der Waals surface area contributed by atoms with Gasteiger partial charge in [-0.25, -0.2) is 8.42 Å². The molecule has 0 bridgehead atoms. The molecule has 0 radical (unpaired) electrons. The summed E-state index contributed by atoms with van der Waals surface area (Å²) < 4.78 is 28.0. The lowest BCUT2D eigenvalue weighted by molar-refractivity contribution is -0.144. The van der Waals surface area contributed by atoms with E-state index in [1.807, 2.05) is 23.1 Å². The lowest BCUT2D eigenvalue weighted by atomic mass is 10.0. The van der Waals surface area contributed by atoms with Crippen LogP contribution >= 0.6 is 15.9 Å². The van der Waals surface area contributed by atoms with E-state index in [9.17, 15) is 18.3 Å². The number of aliphatic carboxylic acids is 1. The van der Waals surface area contributed by atoms with Crippen LogP contribution in [0.25, 0.3) is 10.9 Å². The summed E-state index contributed by atoms with van der Waals surface area (Å²) in [5.41, 5.74) is 1.53. The minimum absolute atomic E-state index is 0.245. The molecule has 152 valence electrons. The Labute approximate surface area is 177 Å². The second kappa shape index (κ2) is 7.91. The van der Waals surface area contributed by atoms with E-state index >= 15 is 0 Å². The molecule has 4 rings (SSSR count). The number of carboxylic acids is 1. The summed E-state index contributed by atoms with van der Waals surface area (Å²) in [6.45, 7) is 1.17. The van der Waals surface area contributed by atoms with Gasteiger partial charge in [0.2, 0.25) is 10.0 Å². The number of carbonyl (C=O) groups is 1. The SMILES string of the molecule is O=C(O)[C@@H](c1c[nH]c2cc(Br)ccc12)N1CCN(S(=O)(=O)c2ccccc2)CC1. The van der Waals surface area contributed by atoms with Gasteiger partial charge in [-0.1, -0.05) is 40.2 Å². The number of hydrogen-bond donors (Lipinski definition) is 2. The summed E-state index contributed by atoms with van der Waals surface area (Å²) in [5.74, 6) is -0.951. The largest absolute Gasteiger partial charge is 0.480 e. The van der Waals surface area contributed by atoms with Crippen molar-refractivity contribution in [2.24, 2.45) is 0 Å². The van der Waals surface area contributed by atoms with Crippen molar-refractivity contribution in [1.82, 2.24) is 14.2 Å². The van der Waals surface area contributed by atoms with Crippen LogP contribution in [0.4, 0.5) is 0 Å². The van der Waals surface area contributed by atoms with E-state index < -0.39 is 22.0 Å². The van der Waals surface area contributed by atoms with Crippen molar-refractivity contribution in [2.75, 3.05) is 26.2 Å². The van der Waals surface area contributed by atoms with Gasteiger partial charge in [0.15, 0.2) is 0 Å². The van der Waals surface area contributed by atoms with E-state index in [-0.39, 0.29) is 18.0 Å². The van der Waals surface area contributed by atoms with E-state index in [0.717, 1.165) is 15.4 Å². The summed E-state index contributed by atoms with van der Waals surface area (Å²) in [6.07, 6.45) is 1.73. The highest BCUT2D eigenvalue weighted by molar-refractivity contribution is 9.10. The van der Waals surface area contributed by atoms with Gasteiger partial charge in [-0.3, -0.25) is 9.69 Å². The molecule has 1 aromatic heterocycles. The average Bonchev–Trinajstić information content (AvgIpc) is 3.11. The van der Waals surface area contributed by atoms with Crippen LogP contribution in [0.1, 0.15) is 11.6 Å². The predicted octanol–water partition coefficient (Wildman–Crippen LogP) is 3.06. The number of piperazine rings is 1. The zero-order valence-electron chi connectivity index (χ0n) is 15.5. The Morgan fingerprint density at radius 2 is 1.76 bits per heavy atom. The van der Waals surface area contributed by atoms with Crippen molar-refractivity contribution in [1.29, 1.82) is 0 Å². The third kappa shape index (κ3) is 3.83. The zero-order chi connectivity index (χ0) is 20.6. The molecule has 0 spiro atoms. The molecule has 0 saturated carbocycles. The maximum absolute atomic E-state index is 12.8. The molecule has 3 aromatic rings. The van der Waals surface area contributed by atoms with Crippen LogP contribution in [0.3, 0.4) is 0 Å². The molecule has 2 aromatic carbocycles. The number of aromatic nitrogens is 1. The van der Waals surface area contributed by atoms with Crippen LogP contribution in [-0.4, -0.2) is 59.9 Å². The fourth-order valence-corrected chi connectivity index (χ4v) is 5.58. The van der Waals surface area contributed by atoms with Gasteiger partial charge in [-0.15, -0.1) is 0 Å². The predicted molar refractivity (Wildman–Crippen MR) is 113 cm³/mol. The number of fused-ring (bicyclic) bond motifs is 1. The number of nitrogens with one attached hydrogen (secondary N) is 1. The van der Waals surface area contributed by atoms with Crippen LogP contribution < -0.4 is 0 Å². The van der Waals surface area contributed by atoms with E-state index in [1.54, 1.807) is 36.5 Å². The Hall–Kier alpha value is -2.20. The first kappa shape index (κ1) is 20.1. The monoisotopic (exact) mass is 477 g/mol. The Morgan fingerprint density at radius 1 is 1.07 bits per heavy atom. The molecule has 1 aliphatic heterocycles. The van der Waals surface area contributed by atoms with Crippen molar-refractivity contribution in [3.05, 3.63) is 64.8 Å². The van der Waals surface area contributed by atoms with Crippen LogP contribution in [0.2, 0.25) is 0 Å². The summed E-state index contributed by atoms with van der Waals surface area (Å²) in [6, 6.07) is 13.1. The van der Waals surface area contributed by atoms with Crippen molar-refractivity contribution in [2.45, 2.75) is 10.9 Å². The number of rotatable bonds is 5. The zero-order valence-corrected chi connectivity index (χ0v) is 17.9. The molecule has 0 aliphatic carbocycles. The van der Waals surface area contributed by atoms with E-state index in [0.29, 0.717) is 18.7 Å². The number of halogens is 1. The molecule has 0 amide bonds. The first-order valence-electron chi connectivity index (χ1n) is 9.16. The smallest absolute Gasteiger partial charge is 0.325 e. The van der Waals surface area contributed by atoms with Crippen LogP contribution in [0.5, 0.6) is 0 Å². The van der Waals surface area contributed by atoms with Gasteiger partial charge in [-0.2, -0.15) is 4.31 Å². The van der Waals surface area contributed by atoms with Gasteiger partial charge in [0.25, 0.3) is 0 Å². The molecule has 1 atom stereocenters. The normalized spacial score (nSPS) is 17.4. The first-order valence-corrected chi connectivity index (χ1v) is 11.4. The Morgan fingerprint density at radius 3 is 2.41 bits per heavy atom. The van der Waals surface area contributed by atoms with Crippen molar-refractivity contribution < 1.29 is 18.3 Å². The topological polar surface area (TPSA) is 93.7 Å². The van der Waals surface area contributed by atoms with Gasteiger partial charge < -0.3 is 10.1 Å². The van der Waals surface area contributed by atoms with Gasteiger partial charge in [0, 0.05) is 53.3 Å². The molecule has 1 fully saturated rings. The fraction of sp³-hybridized carbons (Fsp3) is 0.250. The maximum atomic E-state index is 12.8. The average molecular weight is 478 g/mol. The minimum atomic E-state index is -3.58. The molecule has 0 unspecified atom stereocenters. The molecular formula is C20H20BrN3O4S. The van der Waals surface area contributed by atoms with Gasteiger partial charge in [0.1, 0.15) is 6.04 Å². The van der Waals surface area contributed by atoms with Crippen molar-refractivity contribution in [3.63, 3.8) is 0 Å². The number of nitrogens with zero attached hydrogens (tertiary/aromatic N) is 2. The fourth-order valence-electron chi connectivity index (χ4n) is 3.78. The first-order chi connectivity index (χ1) is 13.9. The number of aromatic amines is 1. The molecule has 2 heterocycles. The number of hydrogen-bond acceptors (Lipinski definition) is 4. The number of H-pyrrole nitrogens is 1. The third-order valence-corrected chi connectivity index (χ3v) is 7.63. The number of sulfonamides is 1. The van der Waals surface area contributed by atoms with E-state index in [1.165, 1.54) is 4.31 Å². The second-order valence-electron chi connectivity index (χ2n) is 6.93. The second-order valence-corrected chi connectivity index (χ2v) is 9.78. The minimum Gasteiger partial charge on any atom is -0.480 e. The summed E-state index contributed by atoms with van der Waals surface area (Å²) in [5, 5.41) is 10.8. The maximum Gasteiger partial charge on any atom is 0.325 e. The van der Waals surface area contributed by atoms with Gasteiger partial charge >= 0.3 is 5.97 Å². The highest BCUT2D eigenvalue weighted by Gasteiger charge is 2.35. The van der Waals surface area contributed by atoms with Crippen LogP contribution in [-0.2, 0) is 14.8 Å². The van der Waals surface area contributed by atoms with E-state index in [4.69, 9.17) is 0 Å². The molecule has 1 saturated heterocycles. The van der Waals surface area contributed by atoms with Gasteiger partial charge in [-0.05, 0) is 24.3 Å². The lowest BCUT2D eigenvalue weighted by Gasteiger charge is -2.37. The molecule has 29 heavy (non-hydrogen) atoms. The van der Waals surface area contributed by atoms with E-state index in [2.05, 4.69) is 20.9 Å². The lowest BCUT2D eigenvalue weighted by Crippen LogP contribution is -2.50. The molecule has 9 heteroatoms. The molecule has 7 nitrogen and oxygen atoms in total. The Bertz CT molecular complexity index is 1140. The quantitative estimate of drug-likeness (QED) is 0.588.